The number of alkyl halides is 6. The number of carboxylic acids is 2. The van der Waals surface area contributed by atoms with Crippen molar-refractivity contribution in [1.82, 2.24) is 14.9 Å². The molecule has 0 saturated carbocycles. The quantitative estimate of drug-likeness (QED) is 0.562. The number of aliphatic carboxylic acids is 2. The van der Waals surface area contributed by atoms with Crippen LogP contribution in [0.15, 0.2) is 42.7 Å². The second-order valence-electron chi connectivity index (χ2n) is 7.44. The van der Waals surface area contributed by atoms with Gasteiger partial charge in [-0.2, -0.15) is 26.3 Å². The zero-order chi connectivity index (χ0) is 27.6. The summed E-state index contributed by atoms with van der Waals surface area (Å²) >= 11 is 0. The number of rotatable bonds is 3. The Morgan fingerprint density at radius 2 is 1.35 bits per heavy atom. The van der Waals surface area contributed by atoms with Crippen LogP contribution in [0.3, 0.4) is 0 Å². The van der Waals surface area contributed by atoms with Crippen LogP contribution in [0.1, 0.15) is 0 Å². The summed E-state index contributed by atoms with van der Waals surface area (Å²) < 4.78 is 75.3. The summed E-state index contributed by atoms with van der Waals surface area (Å²) in [5, 5.41) is 14.2. The molecular weight excluding hydrogens is 518 g/mol. The fourth-order valence-corrected chi connectivity index (χ4v) is 3.03. The number of piperazine rings is 1. The molecule has 2 aliphatic heterocycles. The fourth-order valence-electron chi connectivity index (χ4n) is 3.03. The number of fused-ring (bicyclic) bond motifs is 1. The zero-order valence-electron chi connectivity index (χ0n) is 18.9. The van der Waals surface area contributed by atoms with E-state index in [-0.39, 0.29) is 6.10 Å². The van der Waals surface area contributed by atoms with E-state index in [9.17, 15) is 26.3 Å². The second kappa shape index (κ2) is 12.9. The van der Waals surface area contributed by atoms with Crippen molar-refractivity contribution in [2.24, 2.45) is 0 Å². The minimum absolute atomic E-state index is 0.0874. The van der Waals surface area contributed by atoms with Crippen molar-refractivity contribution in [3.63, 3.8) is 0 Å². The fraction of sp³-hybridized carbons (Fsp3) is 0.429. The molecule has 3 heterocycles. The van der Waals surface area contributed by atoms with Crippen LogP contribution in [0.2, 0.25) is 0 Å². The van der Waals surface area contributed by atoms with Gasteiger partial charge in [-0.25, -0.2) is 19.6 Å². The minimum Gasteiger partial charge on any atom is -0.486 e. The van der Waals surface area contributed by atoms with Gasteiger partial charge in [-0.1, -0.05) is 12.1 Å². The van der Waals surface area contributed by atoms with Gasteiger partial charge in [0.05, 0.1) is 0 Å². The average molecular weight is 540 g/mol. The highest BCUT2D eigenvalue weighted by atomic mass is 19.4. The third kappa shape index (κ3) is 9.98. The van der Waals surface area contributed by atoms with E-state index in [0.29, 0.717) is 6.61 Å². The predicted octanol–water partition coefficient (Wildman–Crippen LogP) is 2.71. The highest BCUT2D eigenvalue weighted by Crippen LogP contribution is 2.31. The van der Waals surface area contributed by atoms with Crippen LogP contribution in [0.25, 0.3) is 0 Å². The van der Waals surface area contributed by atoms with Crippen LogP contribution in [0.4, 0.5) is 32.3 Å². The summed E-state index contributed by atoms with van der Waals surface area (Å²) in [6, 6.07) is 9.70. The molecule has 1 unspecified atom stereocenters. The van der Waals surface area contributed by atoms with Gasteiger partial charge in [0.25, 0.3) is 0 Å². The SMILES string of the molecule is O=C(O)C(F)(F)F.O=C(O)C(F)(F)F.c1cnc(N2CCN(CC3COc4ccccc4O3)CC2)nc1. The predicted molar refractivity (Wildman–Crippen MR) is 114 cm³/mol. The van der Waals surface area contributed by atoms with Gasteiger partial charge in [0.1, 0.15) is 12.7 Å². The van der Waals surface area contributed by atoms with E-state index < -0.39 is 24.3 Å². The number of anilines is 1. The maximum atomic E-state index is 10.6. The highest BCUT2D eigenvalue weighted by molar-refractivity contribution is 5.73. The van der Waals surface area contributed by atoms with E-state index in [1.54, 1.807) is 12.4 Å². The van der Waals surface area contributed by atoms with Gasteiger partial charge in [-0.05, 0) is 18.2 Å². The average Bonchev–Trinajstić information content (AvgIpc) is 2.84. The molecule has 10 nitrogen and oxygen atoms in total. The monoisotopic (exact) mass is 540 g/mol. The first kappa shape index (κ1) is 29.4. The molecule has 1 saturated heterocycles. The van der Waals surface area contributed by atoms with Crippen LogP contribution >= 0.6 is 0 Å². The minimum atomic E-state index is -5.08. The number of benzene rings is 1. The summed E-state index contributed by atoms with van der Waals surface area (Å²) in [6.45, 7) is 5.35. The first-order valence-corrected chi connectivity index (χ1v) is 10.5. The summed E-state index contributed by atoms with van der Waals surface area (Å²) in [7, 11) is 0. The van der Waals surface area contributed by atoms with E-state index in [4.69, 9.17) is 29.3 Å². The van der Waals surface area contributed by atoms with Crippen LogP contribution < -0.4 is 14.4 Å². The van der Waals surface area contributed by atoms with Crippen molar-refractivity contribution in [2.75, 3.05) is 44.2 Å². The van der Waals surface area contributed by atoms with Gasteiger partial charge in [-0.3, -0.25) is 4.90 Å². The Labute approximate surface area is 206 Å². The molecule has 2 N–H and O–H groups in total. The molecule has 2 aromatic rings. The molecule has 0 radical (unpaired) electrons. The molecule has 1 fully saturated rings. The smallest absolute Gasteiger partial charge is 0.486 e. The maximum absolute atomic E-state index is 10.6. The zero-order valence-corrected chi connectivity index (χ0v) is 18.9. The van der Waals surface area contributed by atoms with Gasteiger partial charge >= 0.3 is 24.3 Å². The van der Waals surface area contributed by atoms with Crippen LogP contribution in [0, 0.1) is 0 Å². The summed E-state index contributed by atoms with van der Waals surface area (Å²) in [4.78, 5) is 31.1. The van der Waals surface area contributed by atoms with E-state index in [1.807, 2.05) is 30.3 Å². The number of halogens is 6. The van der Waals surface area contributed by atoms with Crippen LogP contribution in [-0.2, 0) is 9.59 Å². The standard InChI is InChI=1S/C17H20N4O2.2C2HF3O2/c1-2-5-16-15(4-1)22-13-14(23-16)12-20-8-10-21(11-9-20)17-18-6-3-7-19-17;2*3-2(4,5)1(6)7/h1-7,14H,8-13H2;2*(H,6,7). The Kier molecular flexibility index (Phi) is 10.3. The Bertz CT molecular complexity index is 993. The Morgan fingerprint density at radius 1 is 0.865 bits per heavy atom. The molecule has 2 aliphatic rings. The Morgan fingerprint density at radius 3 is 1.84 bits per heavy atom. The molecular formula is C21H22F6N4O6. The van der Waals surface area contributed by atoms with E-state index in [2.05, 4.69) is 19.8 Å². The maximum Gasteiger partial charge on any atom is 0.490 e. The molecule has 16 heteroatoms. The lowest BCUT2D eigenvalue weighted by Crippen LogP contribution is -2.51. The Balaban J connectivity index is 0.000000286. The molecule has 4 rings (SSSR count). The van der Waals surface area contributed by atoms with Crippen LogP contribution in [-0.4, -0.2) is 94.8 Å². The topological polar surface area (TPSA) is 125 Å². The number of nitrogens with zero attached hydrogens (tertiary/aromatic N) is 4. The summed E-state index contributed by atoms with van der Waals surface area (Å²) in [6.07, 6.45) is -6.50. The van der Waals surface area contributed by atoms with E-state index >= 15 is 0 Å². The van der Waals surface area contributed by atoms with E-state index in [1.165, 1.54) is 0 Å². The number of hydrogen-bond donors (Lipinski definition) is 2. The third-order valence-electron chi connectivity index (χ3n) is 4.72. The molecule has 1 aromatic carbocycles. The molecule has 0 spiro atoms. The normalized spacial score (nSPS) is 17.5. The van der Waals surface area contributed by atoms with Crippen molar-refractivity contribution in [1.29, 1.82) is 0 Å². The largest absolute Gasteiger partial charge is 0.490 e. The number of hydrogen-bond acceptors (Lipinski definition) is 8. The number of aromatic nitrogens is 2. The summed E-state index contributed by atoms with van der Waals surface area (Å²) in [5.41, 5.74) is 0. The van der Waals surface area contributed by atoms with Crippen molar-refractivity contribution >= 4 is 17.9 Å². The van der Waals surface area contributed by atoms with Gasteiger partial charge in [0.15, 0.2) is 11.5 Å². The van der Waals surface area contributed by atoms with Gasteiger partial charge in [0.2, 0.25) is 5.95 Å². The second-order valence-corrected chi connectivity index (χ2v) is 7.44. The summed E-state index contributed by atoms with van der Waals surface area (Å²) in [5.74, 6) is -3.01. The van der Waals surface area contributed by atoms with Crippen molar-refractivity contribution < 1.29 is 55.6 Å². The first-order valence-electron chi connectivity index (χ1n) is 10.5. The lowest BCUT2D eigenvalue weighted by atomic mass is 10.2. The molecule has 0 amide bonds. The molecule has 37 heavy (non-hydrogen) atoms. The number of carbonyl (C=O) groups is 2. The first-order chi connectivity index (χ1) is 17.3. The van der Waals surface area contributed by atoms with Crippen molar-refractivity contribution in [2.45, 2.75) is 18.5 Å². The molecule has 0 aliphatic carbocycles. The van der Waals surface area contributed by atoms with E-state index in [0.717, 1.165) is 50.2 Å². The molecule has 1 aromatic heterocycles. The molecule has 0 bridgehead atoms. The van der Waals surface area contributed by atoms with Crippen molar-refractivity contribution in [3.8, 4) is 11.5 Å². The van der Waals surface area contributed by atoms with Gasteiger partial charge in [0, 0.05) is 45.1 Å². The number of ether oxygens (including phenoxy) is 2. The third-order valence-corrected chi connectivity index (χ3v) is 4.72. The highest BCUT2D eigenvalue weighted by Gasteiger charge is 2.38. The van der Waals surface area contributed by atoms with Gasteiger partial charge in [-0.15, -0.1) is 0 Å². The Hall–Kier alpha value is -3.82. The lowest BCUT2D eigenvalue weighted by Gasteiger charge is -2.37. The van der Waals surface area contributed by atoms with Crippen LogP contribution in [0.5, 0.6) is 11.5 Å². The number of carboxylic acid groups (broad SMARTS) is 2. The number of para-hydroxylation sites is 2. The molecule has 204 valence electrons. The van der Waals surface area contributed by atoms with Crippen molar-refractivity contribution in [3.05, 3.63) is 42.7 Å². The van der Waals surface area contributed by atoms with Gasteiger partial charge < -0.3 is 24.6 Å². The molecule has 1 atom stereocenters. The lowest BCUT2D eigenvalue weighted by molar-refractivity contribution is -0.193.